The van der Waals surface area contributed by atoms with Crippen molar-refractivity contribution in [1.82, 2.24) is 4.98 Å². The predicted octanol–water partition coefficient (Wildman–Crippen LogP) is 1.42. The van der Waals surface area contributed by atoms with Gasteiger partial charge in [0.05, 0.1) is 6.10 Å². The van der Waals surface area contributed by atoms with Crippen LogP contribution in [0.5, 0.6) is 0 Å². The van der Waals surface area contributed by atoms with Gasteiger partial charge in [-0.1, -0.05) is 0 Å². The summed E-state index contributed by atoms with van der Waals surface area (Å²) in [7, 11) is 0. The van der Waals surface area contributed by atoms with Crippen molar-refractivity contribution in [3.8, 4) is 0 Å². The zero-order valence-corrected chi connectivity index (χ0v) is 8.91. The largest absolute Gasteiger partial charge is 0.433 e. The van der Waals surface area contributed by atoms with E-state index in [-0.39, 0.29) is 11.3 Å². The molecule has 16 heavy (non-hydrogen) atoms. The summed E-state index contributed by atoms with van der Waals surface area (Å²) in [5.41, 5.74) is -1.14. The first-order valence-corrected chi connectivity index (χ1v) is 4.99. The Morgan fingerprint density at radius 3 is 2.50 bits per heavy atom. The van der Waals surface area contributed by atoms with E-state index < -0.39 is 24.1 Å². The summed E-state index contributed by atoms with van der Waals surface area (Å²) in [6.45, 7) is 0. The second-order valence-electron chi connectivity index (χ2n) is 3.17. The second kappa shape index (κ2) is 5.03. The lowest BCUT2D eigenvalue weighted by atomic mass is 10.1. The topological polar surface area (TPSA) is 53.4 Å². The van der Waals surface area contributed by atoms with Crippen molar-refractivity contribution in [3.63, 3.8) is 0 Å². The summed E-state index contributed by atoms with van der Waals surface area (Å²) in [4.78, 5) is 3.14. The molecule has 0 radical (unpaired) electrons. The minimum Gasteiger partial charge on any atom is -0.389 e. The van der Waals surface area contributed by atoms with E-state index in [1.807, 2.05) is 0 Å². The Hall–Kier alpha value is -0.790. The lowest BCUT2D eigenvalue weighted by Gasteiger charge is -2.17. The number of nitrogens with zero attached hydrogens (tertiary/aromatic N) is 1. The van der Waals surface area contributed by atoms with Gasteiger partial charge >= 0.3 is 6.18 Å². The van der Waals surface area contributed by atoms with E-state index in [0.717, 1.165) is 6.20 Å². The van der Waals surface area contributed by atoms with Crippen molar-refractivity contribution in [1.29, 1.82) is 0 Å². The monoisotopic (exact) mass is 253 g/mol. The van der Waals surface area contributed by atoms with E-state index in [0.29, 0.717) is 6.07 Å². The van der Waals surface area contributed by atoms with Crippen molar-refractivity contribution >= 4 is 12.6 Å². The van der Waals surface area contributed by atoms with Gasteiger partial charge in [-0.3, -0.25) is 4.98 Å². The molecule has 3 nitrogen and oxygen atoms in total. The van der Waals surface area contributed by atoms with E-state index in [4.69, 9.17) is 0 Å². The van der Waals surface area contributed by atoms with Crippen LogP contribution in [0.3, 0.4) is 0 Å². The lowest BCUT2D eigenvalue weighted by molar-refractivity contribution is -0.141. The lowest BCUT2D eigenvalue weighted by Crippen LogP contribution is -2.20. The second-order valence-corrected chi connectivity index (χ2v) is 3.53. The molecule has 1 heterocycles. The van der Waals surface area contributed by atoms with E-state index in [2.05, 4.69) is 17.6 Å². The number of alkyl halides is 3. The predicted molar refractivity (Wildman–Crippen MR) is 54.1 cm³/mol. The maximum atomic E-state index is 12.3. The van der Waals surface area contributed by atoms with Gasteiger partial charge in [0.15, 0.2) is 0 Å². The first-order chi connectivity index (χ1) is 7.36. The van der Waals surface area contributed by atoms with Crippen molar-refractivity contribution in [2.75, 3.05) is 5.75 Å². The van der Waals surface area contributed by atoms with Crippen LogP contribution < -0.4 is 0 Å². The van der Waals surface area contributed by atoms with E-state index in [9.17, 15) is 23.4 Å². The third-order valence-corrected chi connectivity index (χ3v) is 2.34. The molecule has 2 N–H and O–H groups in total. The zero-order valence-electron chi connectivity index (χ0n) is 8.02. The van der Waals surface area contributed by atoms with Crippen LogP contribution in [0.1, 0.15) is 17.4 Å². The third kappa shape index (κ3) is 3.10. The molecular weight excluding hydrogens is 243 g/mol. The van der Waals surface area contributed by atoms with Gasteiger partial charge in [-0.05, 0) is 17.7 Å². The molecule has 0 saturated heterocycles. The Morgan fingerprint density at radius 2 is 2.00 bits per heavy atom. The van der Waals surface area contributed by atoms with Crippen LogP contribution in [0.25, 0.3) is 0 Å². The minimum atomic E-state index is -4.57. The molecular formula is C9H10F3NO2S. The molecule has 0 fully saturated rings. The first-order valence-electron chi connectivity index (χ1n) is 4.36. The van der Waals surface area contributed by atoms with E-state index in [1.54, 1.807) is 0 Å². The Bertz CT molecular complexity index is 359. The first kappa shape index (κ1) is 13.3. The fourth-order valence-electron chi connectivity index (χ4n) is 1.11. The Balaban J connectivity index is 2.99. The summed E-state index contributed by atoms with van der Waals surface area (Å²) in [6, 6.07) is 1.92. The molecule has 1 rings (SSSR count). The standard InChI is InChI=1S/C9H10F3NO2S/c10-9(11,12)7-3-5(1-2-13-7)8(15)6(14)4-16/h1-3,6,8,14-16H,4H2. The van der Waals surface area contributed by atoms with E-state index >= 15 is 0 Å². The molecule has 0 aromatic carbocycles. The highest BCUT2D eigenvalue weighted by atomic mass is 32.1. The van der Waals surface area contributed by atoms with E-state index in [1.165, 1.54) is 6.07 Å². The molecule has 2 unspecified atom stereocenters. The number of hydrogen-bond acceptors (Lipinski definition) is 4. The smallest absolute Gasteiger partial charge is 0.389 e. The maximum Gasteiger partial charge on any atom is 0.433 e. The Morgan fingerprint density at radius 1 is 1.38 bits per heavy atom. The number of aliphatic hydroxyl groups excluding tert-OH is 2. The van der Waals surface area contributed by atoms with Gasteiger partial charge in [-0.15, -0.1) is 0 Å². The van der Waals surface area contributed by atoms with Gasteiger partial charge in [0.2, 0.25) is 0 Å². The molecule has 1 aromatic rings. The van der Waals surface area contributed by atoms with Gasteiger partial charge in [0, 0.05) is 11.9 Å². The van der Waals surface area contributed by atoms with Crippen molar-refractivity contribution < 1.29 is 23.4 Å². The number of hydrogen-bond donors (Lipinski definition) is 3. The number of aromatic nitrogens is 1. The summed E-state index contributed by atoms with van der Waals surface area (Å²) >= 11 is 3.74. The molecule has 7 heteroatoms. The number of pyridine rings is 1. The highest BCUT2D eigenvalue weighted by Crippen LogP contribution is 2.29. The van der Waals surface area contributed by atoms with Gasteiger partial charge < -0.3 is 10.2 Å². The summed E-state index contributed by atoms with van der Waals surface area (Å²) in [5.74, 6) is -0.0508. The SMILES string of the molecule is OC(CS)C(O)c1ccnc(C(F)(F)F)c1. The van der Waals surface area contributed by atoms with Crippen molar-refractivity contribution in [3.05, 3.63) is 29.6 Å². The quantitative estimate of drug-likeness (QED) is 0.714. The van der Waals surface area contributed by atoms with Crippen LogP contribution in [-0.2, 0) is 6.18 Å². The molecule has 0 amide bonds. The van der Waals surface area contributed by atoms with Crippen LogP contribution in [0.2, 0.25) is 0 Å². The van der Waals surface area contributed by atoms with Crippen LogP contribution in [-0.4, -0.2) is 27.1 Å². The third-order valence-electron chi connectivity index (χ3n) is 1.97. The van der Waals surface area contributed by atoms with Crippen LogP contribution in [0, 0.1) is 0 Å². The fraction of sp³-hybridized carbons (Fsp3) is 0.444. The maximum absolute atomic E-state index is 12.3. The summed E-state index contributed by atoms with van der Waals surface area (Å²) in [6.07, 6.45) is -6.25. The van der Waals surface area contributed by atoms with Gasteiger partial charge in [0.1, 0.15) is 11.8 Å². The van der Waals surface area contributed by atoms with Crippen LogP contribution >= 0.6 is 12.6 Å². The van der Waals surface area contributed by atoms with Crippen LogP contribution in [0.4, 0.5) is 13.2 Å². The highest BCUT2D eigenvalue weighted by molar-refractivity contribution is 7.80. The van der Waals surface area contributed by atoms with Gasteiger partial charge in [-0.25, -0.2) is 0 Å². The molecule has 90 valence electrons. The number of thiol groups is 1. The Kier molecular flexibility index (Phi) is 4.17. The van der Waals surface area contributed by atoms with Gasteiger partial charge in [0.25, 0.3) is 0 Å². The van der Waals surface area contributed by atoms with Crippen LogP contribution in [0.15, 0.2) is 18.3 Å². The number of aliphatic hydroxyl groups is 2. The van der Waals surface area contributed by atoms with Crippen molar-refractivity contribution in [2.24, 2.45) is 0 Å². The molecule has 2 atom stereocenters. The Labute approximate surface area is 95.4 Å². The number of halogens is 3. The van der Waals surface area contributed by atoms with Crippen molar-refractivity contribution in [2.45, 2.75) is 18.4 Å². The van der Waals surface area contributed by atoms with Gasteiger partial charge in [-0.2, -0.15) is 25.8 Å². The molecule has 0 aliphatic carbocycles. The fourth-order valence-corrected chi connectivity index (χ4v) is 1.31. The normalized spacial score (nSPS) is 15.9. The molecule has 0 aliphatic rings. The molecule has 0 saturated carbocycles. The zero-order chi connectivity index (χ0) is 12.3. The highest BCUT2D eigenvalue weighted by Gasteiger charge is 2.33. The molecule has 0 spiro atoms. The average molecular weight is 253 g/mol. The molecule has 0 aliphatic heterocycles. The summed E-state index contributed by atoms with van der Waals surface area (Å²) < 4.78 is 36.9. The summed E-state index contributed by atoms with van der Waals surface area (Å²) in [5, 5.41) is 18.7. The minimum absolute atomic E-state index is 0.0381. The average Bonchev–Trinajstić information content (AvgIpc) is 2.26. The molecule has 1 aromatic heterocycles. The molecule has 0 bridgehead atoms. The number of rotatable bonds is 3.